The van der Waals surface area contributed by atoms with Crippen LogP contribution in [0.3, 0.4) is 0 Å². The zero-order valence-electron chi connectivity index (χ0n) is 17.6. The topological polar surface area (TPSA) is 23.6 Å². The maximum Gasteiger partial charge on any atom is 0.253 e. The number of nitrogens with zero attached hydrogens (tertiary/aromatic N) is 2. The number of carbonyl (C=O) groups excluding carboxylic acids is 1. The van der Waals surface area contributed by atoms with Gasteiger partial charge in [0, 0.05) is 42.8 Å². The monoisotopic (exact) mass is 414 g/mol. The molecule has 2 aliphatic rings. The standard InChI is InChI=1S/C27H27FN2O/c28-24-11-4-10-23(17-24)26(31)30-15-6-13-27(20-30)14-16-29(19-27)25-12-5-9-22(18-25)21-7-2-1-3-8-21/h1-5,7-12,17-18H,6,13-16,19-20H2/t27-/m0/s1. The van der Waals surface area contributed by atoms with Gasteiger partial charge >= 0.3 is 0 Å². The lowest BCUT2D eigenvalue weighted by molar-refractivity contribution is 0.0556. The third kappa shape index (κ3) is 4.07. The molecule has 3 nitrogen and oxygen atoms in total. The van der Waals surface area contributed by atoms with Crippen LogP contribution in [-0.2, 0) is 0 Å². The molecule has 2 fully saturated rings. The van der Waals surface area contributed by atoms with E-state index in [2.05, 4.69) is 53.4 Å². The summed E-state index contributed by atoms with van der Waals surface area (Å²) in [5.74, 6) is -0.411. The number of amides is 1. The second-order valence-corrected chi connectivity index (χ2v) is 8.93. The summed E-state index contributed by atoms with van der Waals surface area (Å²) in [4.78, 5) is 17.4. The highest BCUT2D eigenvalue weighted by molar-refractivity contribution is 5.94. The van der Waals surface area contributed by atoms with Gasteiger partial charge in [0.15, 0.2) is 0 Å². The third-order valence-corrected chi connectivity index (χ3v) is 6.78. The summed E-state index contributed by atoms with van der Waals surface area (Å²) in [6, 6.07) is 25.2. The molecule has 1 amide bonds. The van der Waals surface area contributed by atoms with Crippen molar-refractivity contribution in [2.24, 2.45) is 5.41 Å². The van der Waals surface area contributed by atoms with Crippen LogP contribution >= 0.6 is 0 Å². The summed E-state index contributed by atoms with van der Waals surface area (Å²) >= 11 is 0. The molecule has 2 saturated heterocycles. The lowest BCUT2D eigenvalue weighted by atomic mass is 9.79. The number of benzene rings is 3. The molecule has 3 aromatic rings. The Labute approximate surface area is 183 Å². The van der Waals surface area contributed by atoms with Gasteiger partial charge in [-0.25, -0.2) is 4.39 Å². The quantitative estimate of drug-likeness (QED) is 0.555. The first-order valence-corrected chi connectivity index (χ1v) is 11.1. The van der Waals surface area contributed by atoms with Crippen molar-refractivity contribution in [2.45, 2.75) is 19.3 Å². The molecule has 2 heterocycles. The van der Waals surface area contributed by atoms with E-state index >= 15 is 0 Å². The number of carbonyl (C=O) groups is 1. The van der Waals surface area contributed by atoms with Crippen LogP contribution in [0.4, 0.5) is 10.1 Å². The van der Waals surface area contributed by atoms with E-state index < -0.39 is 0 Å². The van der Waals surface area contributed by atoms with Crippen LogP contribution in [0.25, 0.3) is 11.1 Å². The number of hydrogen-bond acceptors (Lipinski definition) is 2. The Kier molecular flexibility index (Phi) is 5.23. The van der Waals surface area contributed by atoms with Crippen molar-refractivity contribution in [1.82, 2.24) is 4.90 Å². The van der Waals surface area contributed by atoms with E-state index in [1.54, 1.807) is 12.1 Å². The smallest absolute Gasteiger partial charge is 0.253 e. The van der Waals surface area contributed by atoms with Crippen molar-refractivity contribution >= 4 is 11.6 Å². The molecule has 0 bridgehead atoms. The van der Waals surface area contributed by atoms with E-state index in [-0.39, 0.29) is 17.1 Å². The molecule has 3 aromatic carbocycles. The van der Waals surface area contributed by atoms with E-state index in [0.717, 1.165) is 45.4 Å². The highest BCUT2D eigenvalue weighted by Crippen LogP contribution is 2.41. The van der Waals surface area contributed by atoms with Crippen molar-refractivity contribution < 1.29 is 9.18 Å². The molecule has 5 rings (SSSR count). The van der Waals surface area contributed by atoms with Crippen molar-refractivity contribution in [2.75, 3.05) is 31.1 Å². The van der Waals surface area contributed by atoms with Crippen molar-refractivity contribution in [3.05, 3.63) is 90.2 Å². The van der Waals surface area contributed by atoms with Crippen molar-refractivity contribution in [1.29, 1.82) is 0 Å². The maximum atomic E-state index is 13.6. The fourth-order valence-electron chi connectivity index (χ4n) is 5.19. The molecule has 2 aliphatic heterocycles. The molecule has 0 saturated carbocycles. The number of likely N-dealkylation sites (tertiary alicyclic amines) is 1. The van der Waals surface area contributed by atoms with Crippen LogP contribution in [0.1, 0.15) is 29.6 Å². The number of piperidine rings is 1. The average molecular weight is 415 g/mol. The van der Waals surface area contributed by atoms with E-state index in [9.17, 15) is 9.18 Å². The Balaban J connectivity index is 1.32. The number of halogens is 1. The van der Waals surface area contributed by atoms with Crippen molar-refractivity contribution in [3.8, 4) is 11.1 Å². The summed E-state index contributed by atoms with van der Waals surface area (Å²) in [6.07, 6.45) is 3.21. The summed E-state index contributed by atoms with van der Waals surface area (Å²) in [7, 11) is 0. The predicted molar refractivity (Wildman–Crippen MR) is 123 cm³/mol. The van der Waals surface area contributed by atoms with Crippen LogP contribution in [0.2, 0.25) is 0 Å². The largest absolute Gasteiger partial charge is 0.371 e. The maximum absolute atomic E-state index is 13.6. The zero-order valence-corrected chi connectivity index (χ0v) is 17.6. The van der Waals surface area contributed by atoms with E-state index in [0.29, 0.717) is 5.56 Å². The first-order valence-electron chi connectivity index (χ1n) is 11.1. The minimum absolute atomic E-state index is 0.0527. The summed E-state index contributed by atoms with van der Waals surface area (Å²) < 4.78 is 13.6. The van der Waals surface area contributed by atoms with Crippen molar-refractivity contribution in [3.63, 3.8) is 0 Å². The highest BCUT2D eigenvalue weighted by atomic mass is 19.1. The molecule has 0 unspecified atom stereocenters. The van der Waals surface area contributed by atoms with Gasteiger partial charge < -0.3 is 9.80 Å². The molecule has 31 heavy (non-hydrogen) atoms. The predicted octanol–water partition coefficient (Wildman–Crippen LogP) is 5.63. The minimum atomic E-state index is -0.358. The molecular weight excluding hydrogens is 387 g/mol. The van der Waals surface area contributed by atoms with Crippen LogP contribution < -0.4 is 4.90 Å². The van der Waals surface area contributed by atoms with Gasteiger partial charge in [0.05, 0.1) is 0 Å². The highest BCUT2D eigenvalue weighted by Gasteiger charge is 2.42. The lowest BCUT2D eigenvalue weighted by Gasteiger charge is -2.40. The van der Waals surface area contributed by atoms with Gasteiger partial charge in [0.1, 0.15) is 5.82 Å². The number of anilines is 1. The van der Waals surface area contributed by atoms with Crippen LogP contribution in [0.15, 0.2) is 78.9 Å². The van der Waals surface area contributed by atoms with E-state index in [1.807, 2.05) is 11.0 Å². The van der Waals surface area contributed by atoms with E-state index in [1.165, 1.54) is 28.9 Å². The average Bonchev–Trinajstić information content (AvgIpc) is 3.22. The molecule has 0 aromatic heterocycles. The number of rotatable bonds is 3. The zero-order chi connectivity index (χ0) is 21.3. The Morgan fingerprint density at radius 3 is 2.45 bits per heavy atom. The summed E-state index contributed by atoms with van der Waals surface area (Å²) in [5.41, 5.74) is 4.26. The van der Waals surface area contributed by atoms with Crippen LogP contribution in [0.5, 0.6) is 0 Å². The Hall–Kier alpha value is -3.14. The lowest BCUT2D eigenvalue weighted by Crippen LogP contribution is -2.47. The van der Waals surface area contributed by atoms with Gasteiger partial charge in [-0.1, -0.05) is 48.5 Å². The summed E-state index contributed by atoms with van der Waals surface area (Å²) in [6.45, 7) is 3.45. The normalized spacial score (nSPS) is 20.9. The first-order chi connectivity index (χ1) is 15.1. The number of hydrogen-bond donors (Lipinski definition) is 0. The van der Waals surface area contributed by atoms with Gasteiger partial charge in [-0.3, -0.25) is 4.79 Å². The SMILES string of the molecule is O=C(c1cccc(F)c1)N1CCC[C@@]2(CCN(c3cccc(-c4ccccc4)c3)C2)C1. The van der Waals surface area contributed by atoms with E-state index in [4.69, 9.17) is 0 Å². The molecule has 1 spiro atoms. The summed E-state index contributed by atoms with van der Waals surface area (Å²) in [5, 5.41) is 0. The second kappa shape index (κ2) is 8.18. The molecule has 1 atom stereocenters. The van der Waals surface area contributed by atoms with Gasteiger partial charge in [0.2, 0.25) is 0 Å². The Bertz CT molecular complexity index is 1080. The fourth-order valence-corrected chi connectivity index (χ4v) is 5.19. The molecule has 0 aliphatic carbocycles. The van der Waals surface area contributed by atoms with Crippen LogP contribution in [0, 0.1) is 11.2 Å². The molecular formula is C27H27FN2O. The molecule has 158 valence electrons. The first kappa shape index (κ1) is 19.8. The van der Waals surface area contributed by atoms with Gasteiger partial charge in [0.25, 0.3) is 5.91 Å². The minimum Gasteiger partial charge on any atom is -0.371 e. The molecule has 0 N–H and O–H groups in total. The van der Waals surface area contributed by atoms with Crippen LogP contribution in [-0.4, -0.2) is 37.0 Å². The molecule has 4 heteroatoms. The Morgan fingerprint density at radius 1 is 0.806 bits per heavy atom. The second-order valence-electron chi connectivity index (χ2n) is 8.93. The Morgan fingerprint density at radius 2 is 1.61 bits per heavy atom. The van der Waals surface area contributed by atoms with Gasteiger partial charge in [-0.15, -0.1) is 0 Å². The third-order valence-electron chi connectivity index (χ3n) is 6.78. The fraction of sp³-hybridized carbons (Fsp3) is 0.296. The molecule has 0 radical (unpaired) electrons. The van der Waals surface area contributed by atoms with Gasteiger partial charge in [-0.2, -0.15) is 0 Å². The van der Waals surface area contributed by atoms with Gasteiger partial charge in [-0.05, 0) is 60.7 Å².